The first kappa shape index (κ1) is 15.0. The number of hydrogen-bond donors (Lipinski definition) is 1. The minimum atomic E-state index is -0.138. The van der Waals surface area contributed by atoms with Crippen molar-refractivity contribution in [2.45, 2.75) is 18.4 Å². The molecule has 1 N–H and O–H groups in total. The normalized spacial score (nSPS) is 15.4. The molecule has 0 spiro atoms. The standard InChI is InChI=1S/C14H18BrNO4/c1-18-10-6-9(7-11(19-2)12(10)20-3)13(17)16-14(8-15)4-5-14/h6-7H,4-5,8H2,1-3H3,(H,16,17). The van der Waals surface area contributed by atoms with Crippen LogP contribution in [-0.2, 0) is 0 Å². The molecule has 0 aliphatic heterocycles. The molecule has 1 aromatic rings. The van der Waals surface area contributed by atoms with Gasteiger partial charge >= 0.3 is 0 Å². The summed E-state index contributed by atoms with van der Waals surface area (Å²) in [5.41, 5.74) is 0.393. The Bertz CT molecular complexity index is 489. The fraction of sp³-hybridized carbons (Fsp3) is 0.500. The third kappa shape index (κ3) is 2.85. The first-order valence-electron chi connectivity index (χ1n) is 6.27. The summed E-state index contributed by atoms with van der Waals surface area (Å²) in [5.74, 6) is 1.29. The van der Waals surface area contributed by atoms with Gasteiger partial charge in [0.2, 0.25) is 5.75 Å². The van der Waals surface area contributed by atoms with Gasteiger partial charge in [0.1, 0.15) is 0 Å². The van der Waals surface area contributed by atoms with E-state index in [9.17, 15) is 4.79 Å². The molecule has 0 radical (unpaired) electrons. The highest BCUT2D eigenvalue weighted by Gasteiger charge is 2.43. The Labute approximate surface area is 126 Å². The summed E-state index contributed by atoms with van der Waals surface area (Å²) in [6.07, 6.45) is 1.99. The lowest BCUT2D eigenvalue weighted by Gasteiger charge is -2.17. The molecule has 5 nitrogen and oxygen atoms in total. The molecular formula is C14H18BrNO4. The van der Waals surface area contributed by atoms with E-state index < -0.39 is 0 Å². The molecule has 2 rings (SSSR count). The van der Waals surface area contributed by atoms with E-state index in [0.717, 1.165) is 18.2 Å². The second-order valence-corrected chi connectivity index (χ2v) is 5.34. The zero-order valence-electron chi connectivity index (χ0n) is 11.8. The Morgan fingerprint density at radius 1 is 1.20 bits per heavy atom. The smallest absolute Gasteiger partial charge is 0.252 e. The van der Waals surface area contributed by atoms with Crippen LogP contribution in [-0.4, -0.2) is 38.1 Å². The van der Waals surface area contributed by atoms with Crippen molar-refractivity contribution in [1.29, 1.82) is 0 Å². The van der Waals surface area contributed by atoms with E-state index in [2.05, 4.69) is 21.2 Å². The maximum Gasteiger partial charge on any atom is 0.252 e. The van der Waals surface area contributed by atoms with Gasteiger partial charge in [0.05, 0.1) is 26.9 Å². The van der Waals surface area contributed by atoms with Crippen LogP contribution in [0.3, 0.4) is 0 Å². The minimum absolute atomic E-state index is 0.0997. The van der Waals surface area contributed by atoms with E-state index in [1.165, 1.54) is 21.3 Å². The maximum absolute atomic E-state index is 12.3. The van der Waals surface area contributed by atoms with E-state index >= 15 is 0 Å². The molecule has 1 fully saturated rings. The zero-order valence-corrected chi connectivity index (χ0v) is 13.4. The number of methoxy groups -OCH3 is 3. The van der Waals surface area contributed by atoms with Gasteiger partial charge in [-0.25, -0.2) is 0 Å². The molecule has 0 aromatic heterocycles. The summed E-state index contributed by atoms with van der Waals surface area (Å²) in [4.78, 5) is 12.3. The predicted molar refractivity (Wildman–Crippen MR) is 79.3 cm³/mol. The minimum Gasteiger partial charge on any atom is -0.493 e. The summed E-state index contributed by atoms with van der Waals surface area (Å²) in [5, 5.41) is 3.80. The van der Waals surface area contributed by atoms with Crippen molar-refractivity contribution in [3.8, 4) is 17.2 Å². The van der Waals surface area contributed by atoms with Crippen molar-refractivity contribution in [2.24, 2.45) is 0 Å². The molecule has 110 valence electrons. The third-order valence-electron chi connectivity index (χ3n) is 3.41. The number of amides is 1. The zero-order chi connectivity index (χ0) is 14.8. The van der Waals surface area contributed by atoms with Crippen LogP contribution in [0.2, 0.25) is 0 Å². The molecule has 1 amide bonds. The van der Waals surface area contributed by atoms with E-state index in [1.54, 1.807) is 12.1 Å². The summed E-state index contributed by atoms with van der Waals surface area (Å²) >= 11 is 3.43. The fourth-order valence-electron chi connectivity index (χ4n) is 1.97. The van der Waals surface area contributed by atoms with E-state index in [0.29, 0.717) is 22.8 Å². The van der Waals surface area contributed by atoms with Gasteiger partial charge in [-0.15, -0.1) is 0 Å². The highest BCUT2D eigenvalue weighted by Crippen LogP contribution is 2.40. The Morgan fingerprint density at radius 3 is 2.10 bits per heavy atom. The summed E-state index contributed by atoms with van der Waals surface area (Å²) < 4.78 is 15.7. The van der Waals surface area contributed by atoms with Crippen LogP contribution in [0.15, 0.2) is 12.1 Å². The highest BCUT2D eigenvalue weighted by molar-refractivity contribution is 9.09. The van der Waals surface area contributed by atoms with Gasteiger partial charge in [0, 0.05) is 10.9 Å². The van der Waals surface area contributed by atoms with Gasteiger partial charge in [-0.05, 0) is 25.0 Å². The molecule has 0 heterocycles. The molecule has 6 heteroatoms. The number of ether oxygens (including phenoxy) is 3. The Hall–Kier alpha value is -1.43. The Balaban J connectivity index is 2.29. The summed E-state index contributed by atoms with van der Waals surface area (Å²) in [7, 11) is 4.59. The first-order valence-corrected chi connectivity index (χ1v) is 7.40. The molecule has 1 aromatic carbocycles. The number of nitrogens with one attached hydrogen (secondary N) is 1. The SMILES string of the molecule is COc1cc(C(=O)NC2(CBr)CC2)cc(OC)c1OC. The topological polar surface area (TPSA) is 56.8 Å². The largest absolute Gasteiger partial charge is 0.493 e. The van der Waals surface area contributed by atoms with Gasteiger partial charge in [0.25, 0.3) is 5.91 Å². The first-order chi connectivity index (χ1) is 9.59. The van der Waals surface area contributed by atoms with Crippen molar-refractivity contribution in [1.82, 2.24) is 5.32 Å². The molecule has 20 heavy (non-hydrogen) atoms. The number of carbonyl (C=O) groups is 1. The molecule has 1 aliphatic carbocycles. The van der Waals surface area contributed by atoms with Gasteiger partial charge in [-0.3, -0.25) is 4.79 Å². The molecule has 0 atom stereocenters. The van der Waals surface area contributed by atoms with Crippen LogP contribution in [0.1, 0.15) is 23.2 Å². The fourth-order valence-corrected chi connectivity index (χ4v) is 2.67. The average Bonchev–Trinajstić information content (AvgIpc) is 3.25. The quantitative estimate of drug-likeness (QED) is 0.805. The number of halogens is 1. The van der Waals surface area contributed by atoms with Crippen LogP contribution in [0, 0.1) is 0 Å². The van der Waals surface area contributed by atoms with Crippen molar-refractivity contribution in [3.63, 3.8) is 0 Å². The van der Waals surface area contributed by atoms with Crippen molar-refractivity contribution < 1.29 is 19.0 Å². The maximum atomic E-state index is 12.3. The second-order valence-electron chi connectivity index (χ2n) is 4.78. The lowest BCUT2D eigenvalue weighted by atomic mass is 10.1. The van der Waals surface area contributed by atoms with E-state index in [1.807, 2.05) is 0 Å². The van der Waals surface area contributed by atoms with Crippen LogP contribution in [0.25, 0.3) is 0 Å². The van der Waals surface area contributed by atoms with E-state index in [-0.39, 0.29) is 11.4 Å². The molecule has 0 saturated heterocycles. The lowest BCUT2D eigenvalue weighted by molar-refractivity contribution is 0.0935. The monoisotopic (exact) mass is 343 g/mol. The molecular weight excluding hydrogens is 326 g/mol. The molecule has 1 saturated carbocycles. The van der Waals surface area contributed by atoms with Crippen LogP contribution >= 0.6 is 15.9 Å². The molecule has 0 bridgehead atoms. The Kier molecular flexibility index (Phi) is 4.42. The summed E-state index contributed by atoms with van der Waals surface area (Å²) in [6, 6.07) is 3.31. The van der Waals surface area contributed by atoms with E-state index in [4.69, 9.17) is 14.2 Å². The average molecular weight is 344 g/mol. The van der Waals surface area contributed by atoms with Crippen molar-refractivity contribution in [3.05, 3.63) is 17.7 Å². The number of hydrogen-bond acceptors (Lipinski definition) is 4. The molecule has 0 unspecified atom stereocenters. The summed E-state index contributed by atoms with van der Waals surface area (Å²) in [6.45, 7) is 0. The van der Waals surface area contributed by atoms with Crippen LogP contribution in [0.4, 0.5) is 0 Å². The number of carbonyl (C=O) groups excluding carboxylic acids is 1. The number of alkyl halides is 1. The predicted octanol–water partition coefficient (Wildman–Crippen LogP) is 2.37. The highest BCUT2D eigenvalue weighted by atomic mass is 79.9. The van der Waals surface area contributed by atoms with Crippen LogP contribution in [0.5, 0.6) is 17.2 Å². The molecule has 1 aliphatic rings. The second kappa shape index (κ2) is 5.91. The number of rotatable bonds is 6. The van der Waals surface area contributed by atoms with Gasteiger partial charge in [0.15, 0.2) is 11.5 Å². The number of benzene rings is 1. The lowest BCUT2D eigenvalue weighted by Crippen LogP contribution is -2.38. The Morgan fingerprint density at radius 2 is 1.75 bits per heavy atom. The van der Waals surface area contributed by atoms with Gasteiger partial charge in [-0.1, -0.05) is 15.9 Å². The van der Waals surface area contributed by atoms with Crippen molar-refractivity contribution in [2.75, 3.05) is 26.7 Å². The van der Waals surface area contributed by atoms with Gasteiger partial charge < -0.3 is 19.5 Å². The third-order valence-corrected chi connectivity index (χ3v) is 4.49. The van der Waals surface area contributed by atoms with Crippen molar-refractivity contribution >= 4 is 21.8 Å². The van der Waals surface area contributed by atoms with Gasteiger partial charge in [-0.2, -0.15) is 0 Å². The van der Waals surface area contributed by atoms with Crippen LogP contribution < -0.4 is 19.5 Å².